The number of carbonyl (C=O) groups is 2. The zero-order valence-corrected chi connectivity index (χ0v) is 21.2. The molecule has 0 unspecified atom stereocenters. The molecule has 0 aliphatic heterocycles. The maximum atomic E-state index is 13.7. The Morgan fingerprint density at radius 2 is 1.53 bits per heavy atom. The van der Waals surface area contributed by atoms with Crippen molar-refractivity contribution in [2.45, 2.75) is 38.8 Å². The maximum Gasteiger partial charge on any atom is 0.243 e. The lowest BCUT2D eigenvalue weighted by Crippen LogP contribution is -2.51. The average Bonchev–Trinajstić information content (AvgIpc) is 2.82. The van der Waals surface area contributed by atoms with Crippen molar-refractivity contribution >= 4 is 46.6 Å². The molecule has 34 heavy (non-hydrogen) atoms. The molecule has 4 nitrogen and oxygen atoms in total. The van der Waals surface area contributed by atoms with E-state index in [1.54, 1.807) is 41.3 Å². The second kappa shape index (κ2) is 12.8. The molecule has 0 radical (unpaired) electrons. The fraction of sp³-hybridized carbons (Fsp3) is 0.259. The first-order valence-electron chi connectivity index (χ1n) is 11.2. The molecule has 2 amide bonds. The summed E-state index contributed by atoms with van der Waals surface area (Å²) in [6.07, 6.45) is 1.24. The van der Waals surface area contributed by atoms with Gasteiger partial charge in [0, 0.05) is 40.1 Å². The van der Waals surface area contributed by atoms with E-state index in [0.29, 0.717) is 33.6 Å². The summed E-state index contributed by atoms with van der Waals surface area (Å²) in [5, 5.41) is 4.39. The van der Waals surface area contributed by atoms with Gasteiger partial charge >= 0.3 is 0 Å². The minimum Gasteiger partial charge on any atom is -0.354 e. The number of amides is 2. The summed E-state index contributed by atoms with van der Waals surface area (Å²) >= 11 is 19.0. The smallest absolute Gasteiger partial charge is 0.243 e. The van der Waals surface area contributed by atoms with Crippen molar-refractivity contribution in [3.63, 3.8) is 0 Å². The van der Waals surface area contributed by atoms with E-state index in [2.05, 4.69) is 5.32 Å². The molecule has 0 fully saturated rings. The Balaban J connectivity index is 2.00. The third-order valence-electron chi connectivity index (χ3n) is 5.45. The van der Waals surface area contributed by atoms with Gasteiger partial charge in [-0.15, -0.1) is 0 Å². The first-order valence-corrected chi connectivity index (χ1v) is 12.3. The molecule has 0 saturated heterocycles. The first kappa shape index (κ1) is 26.1. The SMILES string of the molecule is CCCNC(=O)[C@H](Cc1ccccc1)N(Cc1c(Cl)cccc1Cl)C(=O)Cc1cccc(Cl)c1. The molecular weight excluding hydrogens is 491 g/mol. The number of nitrogens with one attached hydrogen (secondary N) is 1. The van der Waals surface area contributed by atoms with E-state index in [1.807, 2.05) is 43.3 Å². The van der Waals surface area contributed by atoms with Crippen LogP contribution < -0.4 is 5.32 Å². The molecule has 3 rings (SSSR count). The lowest BCUT2D eigenvalue weighted by Gasteiger charge is -2.32. The third-order valence-corrected chi connectivity index (χ3v) is 6.40. The van der Waals surface area contributed by atoms with E-state index in [4.69, 9.17) is 34.8 Å². The number of halogens is 3. The van der Waals surface area contributed by atoms with Crippen molar-refractivity contribution in [3.05, 3.63) is 105 Å². The lowest BCUT2D eigenvalue weighted by molar-refractivity contribution is -0.140. The monoisotopic (exact) mass is 516 g/mol. The molecule has 178 valence electrons. The van der Waals surface area contributed by atoms with Gasteiger partial charge in [-0.1, -0.05) is 90.3 Å². The van der Waals surface area contributed by atoms with Crippen molar-refractivity contribution in [2.24, 2.45) is 0 Å². The molecule has 0 bridgehead atoms. The van der Waals surface area contributed by atoms with E-state index in [0.717, 1.165) is 17.5 Å². The number of hydrogen-bond acceptors (Lipinski definition) is 2. The lowest BCUT2D eigenvalue weighted by atomic mass is 10.0. The van der Waals surface area contributed by atoms with Gasteiger partial charge in [0.05, 0.1) is 6.42 Å². The standard InChI is InChI=1S/C27H27Cl3N2O2/c1-2-14-31-27(34)25(16-19-8-4-3-5-9-19)32(18-22-23(29)12-7-13-24(22)30)26(33)17-20-10-6-11-21(28)15-20/h3-13,15,25H,2,14,16-18H2,1H3,(H,31,34)/t25-/m0/s1. The second-order valence-corrected chi connectivity index (χ2v) is 9.28. The third kappa shape index (κ3) is 7.23. The Morgan fingerprint density at radius 1 is 0.882 bits per heavy atom. The van der Waals surface area contributed by atoms with E-state index in [9.17, 15) is 9.59 Å². The van der Waals surface area contributed by atoms with E-state index in [1.165, 1.54) is 0 Å². The number of rotatable bonds is 10. The average molecular weight is 518 g/mol. The van der Waals surface area contributed by atoms with Gasteiger partial charge in [-0.2, -0.15) is 0 Å². The van der Waals surface area contributed by atoms with Crippen LogP contribution in [0, 0.1) is 0 Å². The summed E-state index contributed by atoms with van der Waals surface area (Å²) < 4.78 is 0. The predicted molar refractivity (Wildman–Crippen MR) is 139 cm³/mol. The molecule has 1 atom stereocenters. The van der Waals surface area contributed by atoms with Crippen LogP contribution in [0.25, 0.3) is 0 Å². The number of carbonyl (C=O) groups excluding carboxylic acids is 2. The largest absolute Gasteiger partial charge is 0.354 e. The molecule has 0 aromatic heterocycles. The van der Waals surface area contributed by atoms with Crippen LogP contribution in [0.5, 0.6) is 0 Å². The Morgan fingerprint density at radius 3 is 2.18 bits per heavy atom. The minimum atomic E-state index is -0.743. The number of nitrogens with zero attached hydrogens (tertiary/aromatic N) is 1. The van der Waals surface area contributed by atoms with Gasteiger partial charge in [0.15, 0.2) is 0 Å². The van der Waals surface area contributed by atoms with E-state index < -0.39 is 6.04 Å². The molecular formula is C27H27Cl3N2O2. The Labute approximate surface area is 215 Å². The van der Waals surface area contributed by atoms with Crippen molar-refractivity contribution in [3.8, 4) is 0 Å². The molecule has 0 spiro atoms. The predicted octanol–water partition coefficient (Wildman–Crippen LogP) is 6.36. The van der Waals surface area contributed by atoms with Crippen molar-refractivity contribution in [1.82, 2.24) is 10.2 Å². The van der Waals surface area contributed by atoms with Crippen molar-refractivity contribution < 1.29 is 9.59 Å². The zero-order valence-electron chi connectivity index (χ0n) is 18.9. The summed E-state index contributed by atoms with van der Waals surface area (Å²) in [5.41, 5.74) is 2.32. The molecule has 0 heterocycles. The summed E-state index contributed by atoms with van der Waals surface area (Å²) in [7, 11) is 0. The Kier molecular flexibility index (Phi) is 9.82. The highest BCUT2D eigenvalue weighted by Crippen LogP contribution is 2.27. The topological polar surface area (TPSA) is 49.4 Å². The summed E-state index contributed by atoms with van der Waals surface area (Å²) in [6, 6.07) is 21.3. The minimum absolute atomic E-state index is 0.0922. The number of benzene rings is 3. The van der Waals surface area contributed by atoms with Crippen LogP contribution >= 0.6 is 34.8 Å². The zero-order chi connectivity index (χ0) is 24.5. The van der Waals surface area contributed by atoms with E-state index in [-0.39, 0.29) is 24.8 Å². The van der Waals surface area contributed by atoms with Crippen LogP contribution in [0.2, 0.25) is 15.1 Å². The van der Waals surface area contributed by atoms with Gasteiger partial charge in [-0.3, -0.25) is 9.59 Å². The van der Waals surface area contributed by atoms with Crippen molar-refractivity contribution in [1.29, 1.82) is 0 Å². The van der Waals surface area contributed by atoms with Gasteiger partial charge in [0.25, 0.3) is 0 Å². The van der Waals surface area contributed by atoms with Gasteiger partial charge in [0.2, 0.25) is 11.8 Å². The van der Waals surface area contributed by atoms with E-state index >= 15 is 0 Å². The molecule has 3 aromatic carbocycles. The van der Waals surface area contributed by atoms with Crippen LogP contribution in [0.3, 0.4) is 0 Å². The van der Waals surface area contributed by atoms with Crippen LogP contribution in [0.4, 0.5) is 0 Å². The highest BCUT2D eigenvalue weighted by atomic mass is 35.5. The van der Waals surface area contributed by atoms with Gasteiger partial charge in [0.1, 0.15) is 6.04 Å². The quantitative estimate of drug-likeness (QED) is 0.340. The summed E-state index contributed by atoms with van der Waals surface area (Å²) in [5.74, 6) is -0.431. The van der Waals surface area contributed by atoms with Crippen LogP contribution in [0.15, 0.2) is 72.8 Å². The van der Waals surface area contributed by atoms with Crippen LogP contribution in [-0.2, 0) is 29.0 Å². The number of hydrogen-bond donors (Lipinski definition) is 1. The highest BCUT2D eigenvalue weighted by Gasteiger charge is 2.31. The first-order chi connectivity index (χ1) is 16.4. The fourth-order valence-electron chi connectivity index (χ4n) is 3.70. The molecule has 0 aliphatic rings. The second-order valence-electron chi connectivity index (χ2n) is 8.03. The van der Waals surface area contributed by atoms with Gasteiger partial charge in [-0.25, -0.2) is 0 Å². The molecule has 0 aliphatic carbocycles. The maximum absolute atomic E-state index is 13.7. The van der Waals surface area contributed by atoms with Gasteiger partial charge < -0.3 is 10.2 Å². The van der Waals surface area contributed by atoms with Crippen LogP contribution in [-0.4, -0.2) is 29.3 Å². The normalized spacial score (nSPS) is 11.6. The Hall–Kier alpha value is -2.53. The summed E-state index contributed by atoms with van der Waals surface area (Å²) in [4.78, 5) is 28.6. The Bertz CT molecular complexity index is 1100. The van der Waals surface area contributed by atoms with Gasteiger partial charge in [-0.05, 0) is 41.8 Å². The molecule has 1 N–H and O–H groups in total. The molecule has 3 aromatic rings. The van der Waals surface area contributed by atoms with Crippen molar-refractivity contribution in [2.75, 3.05) is 6.54 Å². The fourth-order valence-corrected chi connectivity index (χ4v) is 4.43. The molecule has 7 heteroatoms. The summed E-state index contributed by atoms with van der Waals surface area (Å²) in [6.45, 7) is 2.61. The highest BCUT2D eigenvalue weighted by molar-refractivity contribution is 6.36. The molecule has 0 saturated carbocycles. The van der Waals surface area contributed by atoms with Crippen LogP contribution in [0.1, 0.15) is 30.0 Å².